The van der Waals surface area contributed by atoms with E-state index >= 15 is 0 Å². The summed E-state index contributed by atoms with van der Waals surface area (Å²) in [7, 11) is 0. The lowest BCUT2D eigenvalue weighted by Gasteiger charge is -2.20. The Morgan fingerprint density at radius 3 is 1.31 bits per heavy atom. The molecule has 0 radical (unpaired) electrons. The molecule has 5 rings (SSSR count). The van der Waals surface area contributed by atoms with E-state index in [1.54, 1.807) is 54.6 Å². The molecule has 4 N–H and O–H groups in total. The lowest BCUT2D eigenvalue weighted by molar-refractivity contribution is 0.103. The number of carbonyl (C=O) groups is 3. The number of rotatable bonds is 7. The van der Waals surface area contributed by atoms with Gasteiger partial charge in [-0.05, 0) is 40.2 Å². The molecule has 0 amide bonds. The third-order valence-electron chi connectivity index (χ3n) is 8.48. The highest BCUT2D eigenvalue weighted by Gasteiger charge is 2.32. The first-order valence-electron chi connectivity index (χ1n) is 15.5. The van der Waals surface area contributed by atoms with Crippen LogP contribution in [0, 0.1) is 0 Å². The normalized spacial score (nSPS) is 11.7. The standard InChI is InChI=1S/C41H38O7/c1-40(2,3)25-18-14-23(15-19-25)35(44)29-22-30(36(45)24-16-20-26(21-17-24)41(4,5)6)39(48)34(38(29)47)37(46)28-11-8-7-10-27(28)33-31(42)12-9-13-32(33)43/h7-22,42-43,47-48H,1-6H3. The summed E-state index contributed by atoms with van der Waals surface area (Å²) in [5.74, 6) is -4.48. The Kier molecular flexibility index (Phi) is 8.76. The average molecular weight is 643 g/mol. The first-order chi connectivity index (χ1) is 22.5. The molecule has 0 atom stereocenters. The number of aromatic hydroxyl groups is 4. The van der Waals surface area contributed by atoms with Gasteiger partial charge in [0.1, 0.15) is 28.6 Å². The van der Waals surface area contributed by atoms with Gasteiger partial charge in [-0.3, -0.25) is 14.4 Å². The summed E-state index contributed by atoms with van der Waals surface area (Å²) in [6.45, 7) is 12.2. The van der Waals surface area contributed by atoms with Crippen molar-refractivity contribution in [2.24, 2.45) is 0 Å². The van der Waals surface area contributed by atoms with Crippen LogP contribution in [0.3, 0.4) is 0 Å². The molecule has 0 unspecified atom stereocenters. The van der Waals surface area contributed by atoms with E-state index in [0.29, 0.717) is 0 Å². The van der Waals surface area contributed by atoms with Crippen molar-refractivity contribution in [3.05, 3.63) is 142 Å². The van der Waals surface area contributed by atoms with Gasteiger partial charge < -0.3 is 20.4 Å². The maximum absolute atomic E-state index is 14.3. The summed E-state index contributed by atoms with van der Waals surface area (Å²) in [4.78, 5) is 42.3. The smallest absolute Gasteiger partial charge is 0.201 e. The van der Waals surface area contributed by atoms with Gasteiger partial charge in [-0.15, -0.1) is 0 Å². The minimum atomic E-state index is -0.932. The molecule has 5 aromatic rings. The first kappa shape index (κ1) is 33.7. The molecule has 7 nitrogen and oxygen atoms in total. The fourth-order valence-electron chi connectivity index (χ4n) is 5.62. The van der Waals surface area contributed by atoms with E-state index in [2.05, 4.69) is 0 Å². The molecule has 244 valence electrons. The zero-order valence-corrected chi connectivity index (χ0v) is 27.8. The topological polar surface area (TPSA) is 132 Å². The molecular weight excluding hydrogens is 604 g/mol. The molecule has 0 aliphatic carbocycles. The highest BCUT2D eigenvalue weighted by molar-refractivity contribution is 6.23. The van der Waals surface area contributed by atoms with Crippen molar-refractivity contribution in [3.8, 4) is 34.1 Å². The number of ketones is 3. The fourth-order valence-corrected chi connectivity index (χ4v) is 5.62. The maximum Gasteiger partial charge on any atom is 0.201 e. The Hall–Kier alpha value is -5.69. The van der Waals surface area contributed by atoms with Crippen LogP contribution in [-0.4, -0.2) is 37.8 Å². The van der Waals surface area contributed by atoms with Gasteiger partial charge in [-0.25, -0.2) is 0 Å². The molecular formula is C41H38O7. The van der Waals surface area contributed by atoms with Gasteiger partial charge in [-0.2, -0.15) is 0 Å². The third kappa shape index (κ3) is 6.32. The molecule has 0 aliphatic rings. The van der Waals surface area contributed by atoms with Crippen LogP contribution < -0.4 is 0 Å². The van der Waals surface area contributed by atoms with Crippen molar-refractivity contribution < 1.29 is 34.8 Å². The number of carbonyl (C=O) groups excluding carboxylic acids is 3. The highest BCUT2D eigenvalue weighted by atomic mass is 16.3. The second kappa shape index (κ2) is 12.5. The molecule has 0 saturated carbocycles. The van der Waals surface area contributed by atoms with E-state index < -0.39 is 34.4 Å². The second-order valence-corrected chi connectivity index (χ2v) is 13.9. The Bertz CT molecular complexity index is 1940. The SMILES string of the molecule is CC(C)(C)c1ccc(C(=O)c2cc(C(=O)c3ccc(C(C)(C)C)cc3)c(O)c(C(=O)c3ccccc3-c3c(O)cccc3O)c2O)cc1. The fraction of sp³-hybridized carbons (Fsp3) is 0.195. The minimum Gasteiger partial charge on any atom is -0.507 e. The van der Waals surface area contributed by atoms with Crippen molar-refractivity contribution in [3.63, 3.8) is 0 Å². The number of hydrogen-bond donors (Lipinski definition) is 4. The Balaban J connectivity index is 1.72. The number of benzene rings is 5. The molecule has 0 bridgehead atoms. The van der Waals surface area contributed by atoms with Gasteiger partial charge in [-0.1, -0.05) is 120 Å². The van der Waals surface area contributed by atoms with Crippen molar-refractivity contribution in [1.82, 2.24) is 0 Å². The molecule has 0 spiro atoms. The van der Waals surface area contributed by atoms with Gasteiger partial charge in [0.05, 0.1) is 16.7 Å². The van der Waals surface area contributed by atoms with Gasteiger partial charge in [0.25, 0.3) is 0 Å². The Labute approximate surface area is 279 Å². The molecule has 7 heteroatoms. The van der Waals surface area contributed by atoms with Crippen LogP contribution >= 0.6 is 0 Å². The zero-order valence-electron chi connectivity index (χ0n) is 27.8. The van der Waals surface area contributed by atoms with Crippen LogP contribution in [0.5, 0.6) is 23.0 Å². The molecule has 5 aromatic carbocycles. The van der Waals surface area contributed by atoms with Crippen LogP contribution in [0.2, 0.25) is 0 Å². The van der Waals surface area contributed by atoms with E-state index in [-0.39, 0.29) is 61.3 Å². The molecule has 0 fully saturated rings. The molecule has 0 saturated heterocycles. The highest BCUT2D eigenvalue weighted by Crippen LogP contribution is 2.43. The first-order valence-corrected chi connectivity index (χ1v) is 15.5. The lowest BCUT2D eigenvalue weighted by atomic mass is 9.84. The molecule has 0 aliphatic heterocycles. The van der Waals surface area contributed by atoms with Gasteiger partial charge >= 0.3 is 0 Å². The van der Waals surface area contributed by atoms with Crippen LogP contribution in [-0.2, 0) is 10.8 Å². The Morgan fingerprint density at radius 1 is 0.479 bits per heavy atom. The van der Waals surface area contributed by atoms with E-state index in [4.69, 9.17) is 0 Å². The van der Waals surface area contributed by atoms with Crippen molar-refractivity contribution >= 4 is 17.3 Å². The molecule has 48 heavy (non-hydrogen) atoms. The van der Waals surface area contributed by atoms with Crippen LogP contribution in [0.1, 0.15) is 100 Å². The minimum absolute atomic E-state index is 0.0400. The van der Waals surface area contributed by atoms with E-state index in [0.717, 1.165) is 17.2 Å². The summed E-state index contributed by atoms with van der Waals surface area (Å²) in [5, 5.41) is 44.4. The predicted octanol–water partition coefficient (Wildman–Crippen LogP) is 8.46. The lowest BCUT2D eigenvalue weighted by Crippen LogP contribution is -2.14. The van der Waals surface area contributed by atoms with E-state index in [1.807, 2.05) is 41.5 Å². The van der Waals surface area contributed by atoms with Gasteiger partial charge in [0.2, 0.25) is 5.78 Å². The van der Waals surface area contributed by atoms with Crippen molar-refractivity contribution in [2.45, 2.75) is 52.4 Å². The van der Waals surface area contributed by atoms with Crippen molar-refractivity contribution in [1.29, 1.82) is 0 Å². The summed E-state index contributed by atoms with van der Waals surface area (Å²) in [5.41, 5.74) is 0.596. The van der Waals surface area contributed by atoms with E-state index in [1.165, 1.54) is 36.4 Å². The maximum atomic E-state index is 14.3. The summed E-state index contributed by atoms with van der Waals surface area (Å²) in [6, 6.07) is 24.9. The summed E-state index contributed by atoms with van der Waals surface area (Å²) >= 11 is 0. The summed E-state index contributed by atoms with van der Waals surface area (Å²) in [6.07, 6.45) is 0. The number of phenols is 4. The molecule has 0 aromatic heterocycles. The van der Waals surface area contributed by atoms with Crippen LogP contribution in [0.25, 0.3) is 11.1 Å². The predicted molar refractivity (Wildman–Crippen MR) is 186 cm³/mol. The largest absolute Gasteiger partial charge is 0.507 e. The quantitative estimate of drug-likeness (QED) is 0.131. The monoisotopic (exact) mass is 642 g/mol. The second-order valence-electron chi connectivity index (χ2n) is 13.9. The zero-order chi connectivity index (χ0) is 35.1. The van der Waals surface area contributed by atoms with Crippen LogP contribution in [0.15, 0.2) is 97.1 Å². The third-order valence-corrected chi connectivity index (χ3v) is 8.48. The summed E-state index contributed by atoms with van der Waals surface area (Å²) < 4.78 is 0. The number of hydrogen-bond acceptors (Lipinski definition) is 7. The molecule has 0 heterocycles. The number of phenolic OH excluding ortho intramolecular Hbond substituents is 4. The van der Waals surface area contributed by atoms with Crippen molar-refractivity contribution in [2.75, 3.05) is 0 Å². The average Bonchev–Trinajstić information content (AvgIpc) is 3.04. The van der Waals surface area contributed by atoms with Crippen LogP contribution in [0.4, 0.5) is 0 Å². The van der Waals surface area contributed by atoms with Gasteiger partial charge in [0, 0.05) is 22.3 Å². The van der Waals surface area contributed by atoms with E-state index in [9.17, 15) is 34.8 Å². The van der Waals surface area contributed by atoms with Gasteiger partial charge in [0.15, 0.2) is 11.6 Å². The Morgan fingerprint density at radius 2 is 0.896 bits per heavy atom.